The first-order valence-electron chi connectivity index (χ1n) is 7.56. The molecule has 1 unspecified atom stereocenters. The van der Waals surface area contributed by atoms with Crippen LogP contribution in [0.15, 0.2) is 54.6 Å². The summed E-state index contributed by atoms with van der Waals surface area (Å²) in [6, 6.07) is 17.2. The summed E-state index contributed by atoms with van der Waals surface area (Å²) in [5.41, 5.74) is 3.34. The second-order valence-corrected chi connectivity index (χ2v) is 7.02. The third-order valence-corrected chi connectivity index (χ3v) is 2.88. The molecule has 3 nitrogen and oxygen atoms in total. The predicted molar refractivity (Wildman–Crippen MR) is 93.0 cm³/mol. The molecule has 1 aliphatic heterocycles. The molecule has 2 N–H and O–H groups in total. The lowest BCUT2D eigenvalue weighted by molar-refractivity contribution is -0.116. The second kappa shape index (κ2) is 6.65. The normalized spacial score (nSPS) is 16.2. The molecule has 3 rings (SSSR count). The standard InChI is InChI=1S/C14H12N2O.C5H12/c17-14-13(15-10-6-2-1-3-7-10)11-8-4-5-9-12(11)16-14;1-5(2,3)4/h1-9,13,15H,(H,16,17);1-4H3. The fourth-order valence-electron chi connectivity index (χ4n) is 2.05. The first-order valence-corrected chi connectivity index (χ1v) is 7.56. The van der Waals surface area contributed by atoms with E-state index in [0.717, 1.165) is 16.9 Å². The first-order chi connectivity index (χ1) is 10.3. The number of benzene rings is 2. The van der Waals surface area contributed by atoms with Crippen LogP contribution < -0.4 is 10.6 Å². The van der Waals surface area contributed by atoms with Crippen LogP contribution in [0.4, 0.5) is 11.4 Å². The average Bonchev–Trinajstić information content (AvgIpc) is 2.75. The Bertz CT molecular complexity index is 623. The van der Waals surface area contributed by atoms with Crippen LogP contribution in [0, 0.1) is 5.41 Å². The van der Waals surface area contributed by atoms with Crippen LogP contribution >= 0.6 is 0 Å². The van der Waals surface area contributed by atoms with Crippen molar-refractivity contribution in [2.75, 3.05) is 10.6 Å². The van der Waals surface area contributed by atoms with E-state index in [2.05, 4.69) is 38.3 Å². The molecule has 1 heterocycles. The molecule has 2 aromatic carbocycles. The maximum atomic E-state index is 11.9. The molecule has 2 aromatic rings. The molecule has 0 radical (unpaired) electrons. The minimum atomic E-state index is -0.298. The highest BCUT2D eigenvalue weighted by Gasteiger charge is 2.29. The van der Waals surface area contributed by atoms with Crippen LogP contribution in [-0.4, -0.2) is 5.91 Å². The summed E-state index contributed by atoms with van der Waals surface area (Å²) < 4.78 is 0. The van der Waals surface area contributed by atoms with Gasteiger partial charge in [-0.15, -0.1) is 0 Å². The topological polar surface area (TPSA) is 41.1 Å². The number of anilines is 2. The molecule has 0 spiro atoms. The quantitative estimate of drug-likeness (QED) is 0.832. The summed E-state index contributed by atoms with van der Waals surface area (Å²) in [6.45, 7) is 8.75. The highest BCUT2D eigenvalue weighted by atomic mass is 16.2. The maximum absolute atomic E-state index is 11.9. The number of para-hydroxylation sites is 2. The number of fused-ring (bicyclic) bond motifs is 1. The highest BCUT2D eigenvalue weighted by Crippen LogP contribution is 2.32. The fraction of sp³-hybridized carbons (Fsp3) is 0.316. The third-order valence-electron chi connectivity index (χ3n) is 2.88. The predicted octanol–water partition coefficient (Wildman–Crippen LogP) is 4.84. The SMILES string of the molecule is CC(C)(C)C.O=C1Nc2ccccc2C1Nc1ccccc1. The number of amides is 1. The molecule has 1 aliphatic rings. The Hall–Kier alpha value is -2.29. The molecule has 0 fully saturated rings. The molecule has 0 aliphatic carbocycles. The molecule has 22 heavy (non-hydrogen) atoms. The minimum Gasteiger partial charge on any atom is -0.370 e. The van der Waals surface area contributed by atoms with Gasteiger partial charge in [-0.1, -0.05) is 64.1 Å². The monoisotopic (exact) mass is 296 g/mol. The Kier molecular flexibility index (Phi) is 4.86. The van der Waals surface area contributed by atoms with Crippen molar-refractivity contribution in [3.8, 4) is 0 Å². The van der Waals surface area contributed by atoms with Gasteiger partial charge in [-0.2, -0.15) is 0 Å². The van der Waals surface area contributed by atoms with Gasteiger partial charge in [-0.3, -0.25) is 4.79 Å². The molecule has 116 valence electrons. The molecular weight excluding hydrogens is 272 g/mol. The molecular formula is C19H24N2O. The molecule has 0 saturated heterocycles. The van der Waals surface area contributed by atoms with Crippen molar-refractivity contribution in [3.05, 3.63) is 60.2 Å². The van der Waals surface area contributed by atoms with Gasteiger partial charge >= 0.3 is 0 Å². The zero-order valence-electron chi connectivity index (χ0n) is 13.7. The van der Waals surface area contributed by atoms with Gasteiger partial charge in [0.2, 0.25) is 0 Å². The molecule has 0 saturated carbocycles. The van der Waals surface area contributed by atoms with Crippen molar-refractivity contribution in [2.45, 2.75) is 33.7 Å². The van der Waals surface area contributed by atoms with E-state index < -0.39 is 0 Å². The minimum absolute atomic E-state index is 0.00458. The van der Waals surface area contributed by atoms with Gasteiger partial charge in [0.25, 0.3) is 5.91 Å². The number of hydrogen-bond donors (Lipinski definition) is 2. The smallest absolute Gasteiger partial charge is 0.251 e. The van der Waals surface area contributed by atoms with Crippen LogP contribution in [0.3, 0.4) is 0 Å². The van der Waals surface area contributed by atoms with Crippen LogP contribution in [-0.2, 0) is 4.79 Å². The van der Waals surface area contributed by atoms with E-state index in [4.69, 9.17) is 0 Å². The zero-order chi connectivity index (χ0) is 16.2. The highest BCUT2D eigenvalue weighted by molar-refractivity contribution is 6.04. The molecule has 0 bridgehead atoms. The number of carbonyl (C=O) groups excluding carboxylic acids is 1. The van der Waals surface area contributed by atoms with Gasteiger partial charge in [0.1, 0.15) is 6.04 Å². The summed E-state index contributed by atoms with van der Waals surface area (Å²) in [4.78, 5) is 11.9. The average molecular weight is 296 g/mol. The summed E-state index contributed by atoms with van der Waals surface area (Å²) in [6.07, 6.45) is 0. The van der Waals surface area contributed by atoms with Crippen LogP contribution in [0.25, 0.3) is 0 Å². The van der Waals surface area contributed by atoms with E-state index >= 15 is 0 Å². The van der Waals surface area contributed by atoms with Crippen molar-refractivity contribution in [1.82, 2.24) is 0 Å². The number of nitrogens with one attached hydrogen (secondary N) is 2. The van der Waals surface area contributed by atoms with Crippen LogP contribution in [0.1, 0.15) is 39.3 Å². The lowest BCUT2D eigenvalue weighted by Crippen LogP contribution is -2.19. The zero-order valence-corrected chi connectivity index (χ0v) is 13.7. The maximum Gasteiger partial charge on any atom is 0.251 e. The van der Waals surface area contributed by atoms with E-state index in [0.29, 0.717) is 5.41 Å². The molecule has 1 amide bonds. The number of carbonyl (C=O) groups is 1. The Morgan fingerprint density at radius 3 is 2.09 bits per heavy atom. The Labute approximate surface area is 132 Å². The van der Waals surface area contributed by atoms with Crippen LogP contribution in [0.5, 0.6) is 0 Å². The molecule has 0 aromatic heterocycles. The molecule has 1 atom stereocenters. The second-order valence-electron chi connectivity index (χ2n) is 7.02. The van der Waals surface area contributed by atoms with E-state index in [1.54, 1.807) is 0 Å². The van der Waals surface area contributed by atoms with Gasteiger partial charge in [0.15, 0.2) is 0 Å². The van der Waals surface area contributed by atoms with E-state index in [9.17, 15) is 4.79 Å². The van der Waals surface area contributed by atoms with Crippen molar-refractivity contribution < 1.29 is 4.79 Å². The lowest BCUT2D eigenvalue weighted by Gasteiger charge is -2.12. The van der Waals surface area contributed by atoms with E-state index in [1.165, 1.54) is 0 Å². The summed E-state index contributed by atoms with van der Waals surface area (Å²) in [5, 5.41) is 6.10. The lowest BCUT2D eigenvalue weighted by atomic mass is 10.0. The van der Waals surface area contributed by atoms with Crippen molar-refractivity contribution in [2.24, 2.45) is 5.41 Å². The summed E-state index contributed by atoms with van der Waals surface area (Å²) in [7, 11) is 0. The van der Waals surface area contributed by atoms with Crippen molar-refractivity contribution >= 4 is 17.3 Å². The van der Waals surface area contributed by atoms with Gasteiger partial charge < -0.3 is 10.6 Å². The first kappa shape index (κ1) is 16.1. The van der Waals surface area contributed by atoms with Crippen LogP contribution in [0.2, 0.25) is 0 Å². The van der Waals surface area contributed by atoms with Gasteiger partial charge in [0, 0.05) is 16.9 Å². The van der Waals surface area contributed by atoms with Gasteiger partial charge in [-0.25, -0.2) is 0 Å². The van der Waals surface area contributed by atoms with Gasteiger partial charge in [-0.05, 0) is 23.6 Å². The van der Waals surface area contributed by atoms with Crippen molar-refractivity contribution in [1.29, 1.82) is 0 Å². The Morgan fingerprint density at radius 2 is 1.45 bits per heavy atom. The third kappa shape index (κ3) is 4.62. The largest absolute Gasteiger partial charge is 0.370 e. The fourth-order valence-corrected chi connectivity index (χ4v) is 2.05. The van der Waals surface area contributed by atoms with Crippen molar-refractivity contribution in [3.63, 3.8) is 0 Å². The summed E-state index contributed by atoms with van der Waals surface area (Å²) >= 11 is 0. The molecule has 3 heteroatoms. The number of hydrogen-bond acceptors (Lipinski definition) is 2. The van der Waals surface area contributed by atoms with E-state index in [1.807, 2.05) is 54.6 Å². The Balaban J connectivity index is 0.000000309. The number of rotatable bonds is 2. The van der Waals surface area contributed by atoms with E-state index in [-0.39, 0.29) is 11.9 Å². The van der Waals surface area contributed by atoms with Gasteiger partial charge in [0.05, 0.1) is 0 Å². The summed E-state index contributed by atoms with van der Waals surface area (Å²) in [5.74, 6) is -0.00458. The Morgan fingerprint density at radius 1 is 0.909 bits per heavy atom.